The molecule has 0 radical (unpaired) electrons. The van der Waals surface area contributed by atoms with Crippen LogP contribution in [0.4, 0.5) is 17.2 Å². The maximum atomic E-state index is 4.41. The highest BCUT2D eigenvalue weighted by Gasteiger charge is 2.42. The van der Waals surface area contributed by atoms with Gasteiger partial charge in [-0.15, -0.1) is 0 Å². The van der Waals surface area contributed by atoms with Gasteiger partial charge < -0.3 is 9.80 Å². The molecule has 0 fully saturated rings. The van der Waals surface area contributed by atoms with Gasteiger partial charge in [0.25, 0.3) is 0 Å². The highest BCUT2D eigenvalue weighted by atomic mass is 15.5. The van der Waals surface area contributed by atoms with Crippen LogP contribution in [0.2, 0.25) is 0 Å². The quantitative estimate of drug-likeness (QED) is 0.782. The Bertz CT molecular complexity index is 621. The minimum absolute atomic E-state index is 0.162. The summed E-state index contributed by atoms with van der Waals surface area (Å²) in [6.45, 7) is 6.52. The minimum Gasteiger partial charge on any atom is -0.335 e. The summed E-state index contributed by atoms with van der Waals surface area (Å²) in [6, 6.07) is 8.41. The van der Waals surface area contributed by atoms with Gasteiger partial charge in [-0.25, -0.2) is 9.97 Å². The molecule has 0 bridgehead atoms. The van der Waals surface area contributed by atoms with Gasteiger partial charge in [0.1, 0.15) is 17.7 Å². The van der Waals surface area contributed by atoms with Gasteiger partial charge in [0.05, 0.1) is 6.20 Å². The summed E-state index contributed by atoms with van der Waals surface area (Å²) in [5.74, 6) is 0.975. The van der Waals surface area contributed by atoms with Crippen LogP contribution in [0.15, 0.2) is 36.8 Å². The molecule has 1 aromatic carbocycles. The van der Waals surface area contributed by atoms with Gasteiger partial charge in [0.15, 0.2) is 5.82 Å². The molecule has 2 heterocycles. The molecule has 0 saturated heterocycles. The smallest absolute Gasteiger partial charge is 0.157 e. The van der Waals surface area contributed by atoms with Gasteiger partial charge in [-0.3, -0.25) is 0 Å². The Balaban J connectivity index is 2.23. The van der Waals surface area contributed by atoms with E-state index in [1.807, 2.05) is 6.20 Å². The Morgan fingerprint density at radius 1 is 1.11 bits per heavy atom. The first-order valence-electron chi connectivity index (χ1n) is 6.43. The van der Waals surface area contributed by atoms with Gasteiger partial charge in [-0.05, 0) is 32.4 Å². The summed E-state index contributed by atoms with van der Waals surface area (Å²) < 4.78 is 0. The first kappa shape index (κ1) is 12.0. The molecule has 0 saturated carbocycles. The Morgan fingerprint density at radius 3 is 2.58 bits per heavy atom. The van der Waals surface area contributed by atoms with Gasteiger partial charge in [0, 0.05) is 12.7 Å². The standard InChI is InChI=1S/C15H18N4/c1-11-7-5-6-8-12(11)19-13-9-16-10-17-14(13)18(4)15(19,2)3/h5-10H,1-4H3. The number of hydrogen-bond acceptors (Lipinski definition) is 4. The van der Waals surface area contributed by atoms with E-state index < -0.39 is 0 Å². The SMILES string of the molecule is Cc1ccccc1N1c2cncnc2N(C)C1(C)C. The first-order chi connectivity index (χ1) is 9.03. The van der Waals surface area contributed by atoms with Crippen molar-refractivity contribution in [3.8, 4) is 0 Å². The van der Waals surface area contributed by atoms with Crippen molar-refractivity contribution >= 4 is 17.2 Å². The van der Waals surface area contributed by atoms with Crippen molar-refractivity contribution < 1.29 is 0 Å². The van der Waals surface area contributed by atoms with E-state index in [-0.39, 0.29) is 5.66 Å². The summed E-state index contributed by atoms with van der Waals surface area (Å²) in [5, 5.41) is 0. The second-order valence-electron chi connectivity index (χ2n) is 5.41. The Kier molecular flexibility index (Phi) is 2.49. The summed E-state index contributed by atoms with van der Waals surface area (Å²) in [5.41, 5.74) is 3.35. The van der Waals surface area contributed by atoms with Crippen LogP contribution in [0.25, 0.3) is 0 Å². The number of nitrogens with zero attached hydrogens (tertiary/aromatic N) is 4. The van der Waals surface area contributed by atoms with E-state index in [2.05, 4.69) is 71.9 Å². The third-order valence-electron chi connectivity index (χ3n) is 3.96. The maximum absolute atomic E-state index is 4.41. The second kappa shape index (κ2) is 3.95. The molecule has 0 amide bonds. The van der Waals surface area contributed by atoms with E-state index in [0.717, 1.165) is 11.5 Å². The number of rotatable bonds is 1. The van der Waals surface area contributed by atoms with E-state index >= 15 is 0 Å². The molecular weight excluding hydrogens is 236 g/mol. The van der Waals surface area contributed by atoms with Crippen molar-refractivity contribution in [2.24, 2.45) is 0 Å². The highest BCUT2D eigenvalue weighted by Crippen LogP contribution is 2.47. The van der Waals surface area contributed by atoms with Crippen LogP contribution in [0, 0.1) is 6.92 Å². The van der Waals surface area contributed by atoms with Crippen LogP contribution in [0.3, 0.4) is 0 Å². The molecule has 19 heavy (non-hydrogen) atoms. The predicted octanol–water partition coefficient (Wildman–Crippen LogP) is 3.11. The summed E-state index contributed by atoms with van der Waals surface area (Å²) in [4.78, 5) is 13.1. The Morgan fingerprint density at radius 2 is 1.84 bits per heavy atom. The third-order valence-corrected chi connectivity index (χ3v) is 3.96. The lowest BCUT2D eigenvalue weighted by molar-refractivity contribution is 0.519. The fourth-order valence-electron chi connectivity index (χ4n) is 2.67. The minimum atomic E-state index is -0.162. The lowest BCUT2D eigenvalue weighted by Gasteiger charge is -2.38. The van der Waals surface area contributed by atoms with Crippen LogP contribution in [0.1, 0.15) is 19.4 Å². The van der Waals surface area contributed by atoms with Crippen LogP contribution in [-0.2, 0) is 0 Å². The highest BCUT2D eigenvalue weighted by molar-refractivity contribution is 5.82. The monoisotopic (exact) mass is 254 g/mol. The predicted molar refractivity (Wildman–Crippen MR) is 77.8 cm³/mol. The number of para-hydroxylation sites is 1. The lowest BCUT2D eigenvalue weighted by Crippen LogP contribution is -2.48. The normalized spacial score (nSPS) is 16.6. The molecule has 4 heteroatoms. The zero-order valence-electron chi connectivity index (χ0n) is 11.8. The van der Waals surface area contributed by atoms with Gasteiger partial charge in [-0.1, -0.05) is 18.2 Å². The van der Waals surface area contributed by atoms with Crippen LogP contribution >= 0.6 is 0 Å². The number of aryl methyl sites for hydroxylation is 1. The van der Waals surface area contributed by atoms with E-state index in [9.17, 15) is 0 Å². The van der Waals surface area contributed by atoms with E-state index in [4.69, 9.17) is 0 Å². The first-order valence-corrected chi connectivity index (χ1v) is 6.43. The molecule has 4 nitrogen and oxygen atoms in total. The molecule has 0 N–H and O–H groups in total. The molecule has 98 valence electrons. The molecular formula is C15H18N4. The van der Waals surface area contributed by atoms with Crippen LogP contribution in [0.5, 0.6) is 0 Å². The van der Waals surface area contributed by atoms with Crippen LogP contribution < -0.4 is 9.80 Å². The number of fused-ring (bicyclic) bond motifs is 1. The molecule has 0 aliphatic carbocycles. The molecule has 2 aromatic rings. The third kappa shape index (κ3) is 1.59. The number of anilines is 3. The zero-order valence-corrected chi connectivity index (χ0v) is 11.8. The van der Waals surface area contributed by atoms with Crippen molar-refractivity contribution in [3.05, 3.63) is 42.4 Å². The van der Waals surface area contributed by atoms with Crippen LogP contribution in [-0.4, -0.2) is 22.7 Å². The Hall–Kier alpha value is -2.10. The topological polar surface area (TPSA) is 32.3 Å². The molecule has 0 atom stereocenters. The van der Waals surface area contributed by atoms with Gasteiger partial charge >= 0.3 is 0 Å². The maximum Gasteiger partial charge on any atom is 0.157 e. The van der Waals surface area contributed by atoms with E-state index in [0.29, 0.717) is 0 Å². The van der Waals surface area contributed by atoms with Crippen molar-refractivity contribution in [1.29, 1.82) is 0 Å². The van der Waals surface area contributed by atoms with Gasteiger partial charge in [-0.2, -0.15) is 0 Å². The fraction of sp³-hybridized carbons (Fsp3) is 0.333. The van der Waals surface area contributed by atoms with Gasteiger partial charge in [0.2, 0.25) is 0 Å². The van der Waals surface area contributed by atoms with Crippen molar-refractivity contribution in [2.45, 2.75) is 26.4 Å². The number of hydrogen-bond donors (Lipinski definition) is 0. The van der Waals surface area contributed by atoms with E-state index in [1.54, 1.807) is 6.33 Å². The Labute approximate surface area is 113 Å². The molecule has 0 unspecified atom stereocenters. The van der Waals surface area contributed by atoms with Crippen molar-refractivity contribution in [1.82, 2.24) is 9.97 Å². The second-order valence-corrected chi connectivity index (χ2v) is 5.41. The van der Waals surface area contributed by atoms with E-state index in [1.165, 1.54) is 11.3 Å². The molecule has 1 aliphatic rings. The zero-order chi connectivity index (χ0) is 13.6. The molecule has 0 spiro atoms. The average molecular weight is 254 g/mol. The average Bonchev–Trinajstić information content (AvgIpc) is 2.59. The molecule has 1 aliphatic heterocycles. The summed E-state index contributed by atoms with van der Waals surface area (Å²) in [7, 11) is 2.07. The number of aromatic nitrogens is 2. The van der Waals surface area contributed by atoms with Crippen molar-refractivity contribution in [2.75, 3.05) is 16.8 Å². The fourth-order valence-corrected chi connectivity index (χ4v) is 2.67. The summed E-state index contributed by atoms with van der Waals surface area (Å²) >= 11 is 0. The molecule has 3 rings (SSSR count). The van der Waals surface area contributed by atoms with Crippen molar-refractivity contribution in [3.63, 3.8) is 0 Å². The molecule has 1 aromatic heterocycles. The lowest BCUT2D eigenvalue weighted by atomic mass is 10.1. The number of benzene rings is 1. The summed E-state index contributed by atoms with van der Waals surface area (Å²) in [6.07, 6.45) is 3.49. The largest absolute Gasteiger partial charge is 0.335 e.